The highest BCUT2D eigenvalue weighted by molar-refractivity contribution is 4.66. The van der Waals surface area contributed by atoms with Gasteiger partial charge in [-0.2, -0.15) is 0 Å². The molecule has 0 aliphatic carbocycles. The lowest BCUT2D eigenvalue weighted by atomic mass is 10.2. The van der Waals surface area contributed by atoms with Crippen LogP contribution >= 0.6 is 0 Å². The summed E-state index contributed by atoms with van der Waals surface area (Å²) in [5, 5.41) is 11.0. The van der Waals surface area contributed by atoms with E-state index in [0.29, 0.717) is 12.1 Å². The van der Waals surface area contributed by atoms with Crippen molar-refractivity contribution in [1.29, 1.82) is 0 Å². The molecule has 0 aromatic rings. The maximum atomic E-state index is 11.0. The molecule has 0 saturated heterocycles. The van der Waals surface area contributed by atoms with E-state index in [-0.39, 0.29) is 0 Å². The summed E-state index contributed by atoms with van der Waals surface area (Å²) in [7, 11) is 0. The zero-order chi connectivity index (χ0) is 8.31. The number of hydrogen-bond acceptors (Lipinski definition) is 1. The summed E-state index contributed by atoms with van der Waals surface area (Å²) in [6.45, 7) is 9.89. The zero-order valence-electron chi connectivity index (χ0n) is 7.59. The van der Waals surface area contributed by atoms with Crippen LogP contribution in [-0.4, -0.2) is 23.2 Å². The highest BCUT2D eigenvalue weighted by Crippen LogP contribution is 2.08. The van der Waals surface area contributed by atoms with Gasteiger partial charge < -0.3 is 0 Å². The molecule has 0 rings (SSSR count). The van der Waals surface area contributed by atoms with Crippen molar-refractivity contribution in [2.45, 2.75) is 52.9 Å². The standard InChI is InChI=1S/C8H18NO/c1-6(2)9(7(3)4)8(5)10/h6-8H,1-5H3. The molecule has 10 heavy (non-hydrogen) atoms. The van der Waals surface area contributed by atoms with Crippen molar-refractivity contribution in [3.8, 4) is 0 Å². The van der Waals surface area contributed by atoms with Gasteiger partial charge in [-0.1, -0.05) is 0 Å². The predicted molar refractivity (Wildman–Crippen MR) is 42.3 cm³/mol. The first kappa shape index (κ1) is 9.92. The molecule has 1 radical (unpaired) electrons. The summed E-state index contributed by atoms with van der Waals surface area (Å²) < 4.78 is 0. The summed E-state index contributed by atoms with van der Waals surface area (Å²) >= 11 is 0. The first-order chi connectivity index (χ1) is 4.46. The molecule has 0 saturated carbocycles. The molecule has 0 heterocycles. The van der Waals surface area contributed by atoms with Crippen LogP contribution in [0.25, 0.3) is 0 Å². The van der Waals surface area contributed by atoms with Gasteiger partial charge in [-0.15, -0.1) is 0 Å². The van der Waals surface area contributed by atoms with Crippen molar-refractivity contribution in [1.82, 2.24) is 4.90 Å². The largest absolute Gasteiger partial charge is 0.271 e. The minimum Gasteiger partial charge on any atom is -0.271 e. The van der Waals surface area contributed by atoms with Crippen molar-refractivity contribution >= 4 is 0 Å². The Hall–Kier alpha value is -0.0800. The van der Waals surface area contributed by atoms with E-state index < -0.39 is 6.23 Å². The number of rotatable bonds is 3. The highest BCUT2D eigenvalue weighted by atomic mass is 16.3. The third-order valence-electron chi connectivity index (χ3n) is 1.61. The SMILES string of the molecule is CC(C)N(C(C)C)C(C)[O]. The van der Waals surface area contributed by atoms with E-state index in [4.69, 9.17) is 0 Å². The van der Waals surface area contributed by atoms with Gasteiger partial charge in [0.25, 0.3) is 0 Å². The van der Waals surface area contributed by atoms with Gasteiger partial charge in [-0.3, -0.25) is 4.90 Å². The van der Waals surface area contributed by atoms with Gasteiger partial charge in [0, 0.05) is 12.1 Å². The molecule has 0 N–H and O–H groups in total. The third kappa shape index (κ3) is 2.67. The molecular formula is C8H18NO. The van der Waals surface area contributed by atoms with Crippen LogP contribution in [0.3, 0.4) is 0 Å². The van der Waals surface area contributed by atoms with E-state index in [1.807, 2.05) is 4.90 Å². The molecule has 0 aromatic heterocycles. The van der Waals surface area contributed by atoms with E-state index in [1.165, 1.54) is 0 Å². The fraction of sp³-hybridized carbons (Fsp3) is 1.00. The Kier molecular flexibility index (Phi) is 3.91. The van der Waals surface area contributed by atoms with Crippen LogP contribution in [0.15, 0.2) is 0 Å². The second-order valence-corrected chi connectivity index (χ2v) is 3.23. The van der Waals surface area contributed by atoms with Crippen LogP contribution in [0, 0.1) is 0 Å². The maximum Gasteiger partial charge on any atom is 0.143 e. The van der Waals surface area contributed by atoms with Gasteiger partial charge >= 0.3 is 0 Å². The number of hydrogen-bond donors (Lipinski definition) is 0. The molecule has 0 aromatic carbocycles. The molecule has 2 nitrogen and oxygen atoms in total. The fourth-order valence-corrected chi connectivity index (χ4v) is 1.44. The van der Waals surface area contributed by atoms with Crippen LogP contribution in [0.2, 0.25) is 0 Å². The molecular weight excluding hydrogens is 126 g/mol. The molecule has 61 valence electrons. The van der Waals surface area contributed by atoms with Gasteiger partial charge in [-0.05, 0) is 34.6 Å². The first-order valence-electron chi connectivity index (χ1n) is 3.90. The summed E-state index contributed by atoms with van der Waals surface area (Å²) in [6, 6.07) is 0.708. The van der Waals surface area contributed by atoms with E-state index in [2.05, 4.69) is 27.7 Å². The van der Waals surface area contributed by atoms with E-state index in [0.717, 1.165) is 0 Å². The van der Waals surface area contributed by atoms with E-state index >= 15 is 0 Å². The zero-order valence-corrected chi connectivity index (χ0v) is 7.59. The highest BCUT2D eigenvalue weighted by Gasteiger charge is 2.18. The summed E-state index contributed by atoms with van der Waals surface area (Å²) in [5.74, 6) is 0. The number of nitrogens with zero attached hydrogens (tertiary/aromatic N) is 1. The topological polar surface area (TPSA) is 23.1 Å². The fourth-order valence-electron chi connectivity index (χ4n) is 1.44. The molecule has 2 heteroatoms. The molecule has 0 fully saturated rings. The lowest BCUT2D eigenvalue weighted by Gasteiger charge is -2.31. The Labute approximate surface area is 63.8 Å². The Morgan fingerprint density at radius 1 is 0.900 bits per heavy atom. The molecule has 0 aliphatic rings. The Morgan fingerprint density at radius 2 is 1.20 bits per heavy atom. The minimum atomic E-state index is -0.583. The second kappa shape index (κ2) is 3.94. The molecule has 0 aliphatic heterocycles. The average Bonchev–Trinajstić information content (AvgIpc) is 1.59. The average molecular weight is 144 g/mol. The van der Waals surface area contributed by atoms with Gasteiger partial charge in [0.1, 0.15) is 6.23 Å². The van der Waals surface area contributed by atoms with E-state index in [1.54, 1.807) is 6.92 Å². The Morgan fingerprint density at radius 3 is 1.20 bits per heavy atom. The van der Waals surface area contributed by atoms with E-state index in [9.17, 15) is 5.11 Å². The van der Waals surface area contributed by atoms with Crippen molar-refractivity contribution < 1.29 is 5.11 Å². The Balaban J connectivity index is 3.98. The molecule has 0 bridgehead atoms. The van der Waals surface area contributed by atoms with Crippen molar-refractivity contribution in [3.05, 3.63) is 0 Å². The van der Waals surface area contributed by atoms with Crippen LogP contribution in [0.5, 0.6) is 0 Å². The first-order valence-corrected chi connectivity index (χ1v) is 3.90. The second-order valence-electron chi connectivity index (χ2n) is 3.23. The Bertz CT molecular complexity index is 70.2. The normalized spacial score (nSPS) is 15.3. The molecule has 1 atom stereocenters. The summed E-state index contributed by atoms with van der Waals surface area (Å²) in [5.41, 5.74) is 0. The van der Waals surface area contributed by atoms with Crippen molar-refractivity contribution in [2.24, 2.45) is 0 Å². The monoisotopic (exact) mass is 144 g/mol. The summed E-state index contributed by atoms with van der Waals surface area (Å²) in [6.07, 6.45) is -0.583. The van der Waals surface area contributed by atoms with Crippen LogP contribution < -0.4 is 0 Å². The van der Waals surface area contributed by atoms with Crippen LogP contribution in [0.1, 0.15) is 34.6 Å². The molecule has 0 spiro atoms. The minimum absolute atomic E-state index is 0.354. The molecule has 0 amide bonds. The smallest absolute Gasteiger partial charge is 0.143 e. The lowest BCUT2D eigenvalue weighted by molar-refractivity contribution is -0.0678. The van der Waals surface area contributed by atoms with Crippen LogP contribution in [0.4, 0.5) is 0 Å². The third-order valence-corrected chi connectivity index (χ3v) is 1.61. The predicted octanol–water partition coefficient (Wildman–Crippen LogP) is 1.88. The van der Waals surface area contributed by atoms with Gasteiger partial charge in [0.05, 0.1) is 0 Å². The molecule has 1 unspecified atom stereocenters. The maximum absolute atomic E-state index is 11.0. The lowest BCUT2D eigenvalue weighted by Crippen LogP contribution is -2.42. The van der Waals surface area contributed by atoms with Crippen molar-refractivity contribution in [3.63, 3.8) is 0 Å². The van der Waals surface area contributed by atoms with Crippen LogP contribution in [-0.2, 0) is 5.11 Å². The quantitative estimate of drug-likeness (QED) is 0.555. The van der Waals surface area contributed by atoms with Gasteiger partial charge in [0.15, 0.2) is 0 Å². The summed E-state index contributed by atoms with van der Waals surface area (Å²) in [4.78, 5) is 1.94. The van der Waals surface area contributed by atoms with Crippen molar-refractivity contribution in [2.75, 3.05) is 0 Å². The van der Waals surface area contributed by atoms with Gasteiger partial charge in [0.2, 0.25) is 0 Å². The van der Waals surface area contributed by atoms with Gasteiger partial charge in [-0.25, -0.2) is 5.11 Å².